The minimum Gasteiger partial charge on any atom is -0.493 e. The fourth-order valence-electron chi connectivity index (χ4n) is 4.01. The van der Waals surface area contributed by atoms with Gasteiger partial charge in [0.1, 0.15) is 11.3 Å². The van der Waals surface area contributed by atoms with Gasteiger partial charge in [-0.3, -0.25) is 0 Å². The molecule has 0 fully saturated rings. The maximum absolute atomic E-state index is 12.3. The molecule has 4 nitrogen and oxygen atoms in total. The van der Waals surface area contributed by atoms with Crippen LogP contribution in [0.15, 0.2) is 57.7 Å². The first-order chi connectivity index (χ1) is 13.7. The Labute approximate surface area is 177 Å². The number of ether oxygens (including phenoxy) is 1. The van der Waals surface area contributed by atoms with E-state index in [1.54, 1.807) is 0 Å². The van der Waals surface area contributed by atoms with Crippen LogP contribution in [0, 0.1) is 0 Å². The van der Waals surface area contributed by atoms with Gasteiger partial charge in [-0.1, -0.05) is 30.3 Å². The quantitative estimate of drug-likeness (QED) is 0.404. The summed E-state index contributed by atoms with van der Waals surface area (Å²) in [6.45, 7) is 2.54. The molecule has 0 amide bonds. The van der Waals surface area contributed by atoms with E-state index >= 15 is 0 Å². The summed E-state index contributed by atoms with van der Waals surface area (Å²) in [5.41, 5.74) is 3.82. The smallest absolute Gasteiger partial charge is 0.339 e. The van der Waals surface area contributed by atoms with Gasteiger partial charge < -0.3 is 14.1 Å². The molecule has 1 heterocycles. The average Bonchev–Trinajstić information content (AvgIpc) is 2.72. The molecular weight excluding hydrogens is 386 g/mol. The minimum atomic E-state index is -0.179. The Morgan fingerprint density at radius 1 is 1.03 bits per heavy atom. The number of aryl methyl sites for hydroxylation is 1. The predicted molar refractivity (Wildman–Crippen MR) is 119 cm³/mol. The highest BCUT2D eigenvalue weighted by Gasteiger charge is 2.18. The molecule has 0 atom stereocenters. The van der Waals surface area contributed by atoms with Crippen LogP contribution in [0.25, 0.3) is 11.0 Å². The molecule has 0 saturated heterocycles. The standard InChI is InChI=1S/C24H27NO3.ClH/c1-25(17-18-8-3-2-4-9-18)14-7-15-27-19-12-13-21-20-10-5-6-11-22(20)24(26)28-23(21)16-19;/h2-4,8-9,12-13,16H,5-7,10-11,14-15,17H2,1H3;1H. The number of hydrogen-bond acceptors (Lipinski definition) is 4. The fraction of sp³-hybridized carbons (Fsp3) is 0.375. The van der Waals surface area contributed by atoms with E-state index in [0.29, 0.717) is 12.2 Å². The lowest BCUT2D eigenvalue weighted by Crippen LogP contribution is -2.20. The number of fused-ring (bicyclic) bond motifs is 3. The monoisotopic (exact) mass is 413 g/mol. The van der Waals surface area contributed by atoms with Crippen LogP contribution < -0.4 is 10.4 Å². The van der Waals surface area contributed by atoms with Gasteiger partial charge in [0, 0.05) is 30.1 Å². The second kappa shape index (κ2) is 9.95. The molecular formula is C24H28ClNO3. The lowest BCUT2D eigenvalue weighted by atomic mass is 9.91. The van der Waals surface area contributed by atoms with Crippen LogP contribution >= 0.6 is 12.4 Å². The Morgan fingerprint density at radius 2 is 1.79 bits per heavy atom. The highest BCUT2D eigenvalue weighted by molar-refractivity contribution is 5.85. The zero-order chi connectivity index (χ0) is 19.3. The summed E-state index contributed by atoms with van der Waals surface area (Å²) < 4.78 is 11.5. The number of halogens is 1. The Balaban J connectivity index is 0.00000240. The van der Waals surface area contributed by atoms with Gasteiger partial charge >= 0.3 is 5.63 Å². The van der Waals surface area contributed by atoms with Gasteiger partial charge in [0.15, 0.2) is 0 Å². The van der Waals surface area contributed by atoms with Crippen molar-refractivity contribution in [3.8, 4) is 5.75 Å². The highest BCUT2D eigenvalue weighted by Crippen LogP contribution is 2.29. The van der Waals surface area contributed by atoms with Gasteiger partial charge in [-0.05, 0) is 62.4 Å². The summed E-state index contributed by atoms with van der Waals surface area (Å²) in [7, 11) is 2.13. The molecule has 3 aromatic rings. The summed E-state index contributed by atoms with van der Waals surface area (Å²) in [6, 6.07) is 16.4. The van der Waals surface area contributed by atoms with Crippen LogP contribution in [0.3, 0.4) is 0 Å². The van der Waals surface area contributed by atoms with Crippen molar-refractivity contribution in [1.29, 1.82) is 0 Å². The molecule has 1 aliphatic carbocycles. The average molecular weight is 414 g/mol. The second-order valence-electron chi connectivity index (χ2n) is 7.64. The number of hydrogen-bond donors (Lipinski definition) is 0. The maximum Gasteiger partial charge on any atom is 0.339 e. The molecule has 4 rings (SSSR count). The van der Waals surface area contributed by atoms with Crippen molar-refractivity contribution in [1.82, 2.24) is 4.90 Å². The van der Waals surface area contributed by atoms with E-state index in [-0.39, 0.29) is 18.0 Å². The summed E-state index contributed by atoms with van der Waals surface area (Å²) in [4.78, 5) is 14.6. The first kappa shape index (κ1) is 21.4. The first-order valence-corrected chi connectivity index (χ1v) is 10.1. The van der Waals surface area contributed by atoms with Gasteiger partial charge in [-0.15, -0.1) is 12.4 Å². The summed E-state index contributed by atoms with van der Waals surface area (Å²) in [6.07, 6.45) is 4.95. The summed E-state index contributed by atoms with van der Waals surface area (Å²) in [5.74, 6) is 0.761. The van der Waals surface area contributed by atoms with Crippen LogP contribution in [0.4, 0.5) is 0 Å². The third kappa shape index (κ3) is 5.20. The third-order valence-electron chi connectivity index (χ3n) is 5.44. The minimum absolute atomic E-state index is 0. The molecule has 154 valence electrons. The van der Waals surface area contributed by atoms with Crippen LogP contribution in [0.1, 0.15) is 36.0 Å². The van der Waals surface area contributed by atoms with Gasteiger partial charge in [0.2, 0.25) is 0 Å². The summed E-state index contributed by atoms with van der Waals surface area (Å²) >= 11 is 0. The van der Waals surface area contributed by atoms with E-state index in [1.807, 2.05) is 24.3 Å². The molecule has 1 aliphatic rings. The van der Waals surface area contributed by atoms with Crippen LogP contribution in [0.2, 0.25) is 0 Å². The van der Waals surface area contributed by atoms with E-state index in [1.165, 1.54) is 11.1 Å². The van der Waals surface area contributed by atoms with E-state index in [4.69, 9.17) is 9.15 Å². The topological polar surface area (TPSA) is 42.7 Å². The summed E-state index contributed by atoms with van der Waals surface area (Å²) in [5, 5.41) is 1.06. The number of rotatable bonds is 7. The molecule has 0 bridgehead atoms. The SMILES string of the molecule is CN(CCCOc1ccc2c3c(c(=O)oc2c1)CCCC3)Cc1ccccc1.Cl. The molecule has 29 heavy (non-hydrogen) atoms. The van der Waals surface area contributed by atoms with E-state index < -0.39 is 0 Å². The van der Waals surface area contributed by atoms with Gasteiger partial charge in [0.05, 0.1) is 6.61 Å². The molecule has 0 unspecified atom stereocenters. The Morgan fingerprint density at radius 3 is 2.59 bits per heavy atom. The van der Waals surface area contributed by atoms with Crippen molar-refractivity contribution in [2.75, 3.05) is 20.2 Å². The Bertz CT molecular complexity index is 1000. The van der Waals surface area contributed by atoms with Crippen molar-refractivity contribution < 1.29 is 9.15 Å². The van der Waals surface area contributed by atoms with Crippen molar-refractivity contribution in [3.63, 3.8) is 0 Å². The normalized spacial score (nSPS) is 13.2. The molecule has 0 aliphatic heterocycles. The van der Waals surface area contributed by atoms with Gasteiger partial charge in [0.25, 0.3) is 0 Å². The zero-order valence-corrected chi connectivity index (χ0v) is 17.7. The van der Waals surface area contributed by atoms with Crippen molar-refractivity contribution in [3.05, 3.63) is 75.6 Å². The van der Waals surface area contributed by atoms with Crippen LogP contribution in [-0.2, 0) is 19.4 Å². The first-order valence-electron chi connectivity index (χ1n) is 10.1. The fourth-order valence-corrected chi connectivity index (χ4v) is 4.01. The molecule has 1 aromatic heterocycles. The molecule has 0 N–H and O–H groups in total. The van der Waals surface area contributed by atoms with Crippen LogP contribution in [0.5, 0.6) is 5.75 Å². The predicted octanol–water partition coefficient (Wildman–Crippen LogP) is 4.99. The van der Waals surface area contributed by atoms with Gasteiger partial charge in [-0.25, -0.2) is 4.79 Å². The molecule has 0 radical (unpaired) electrons. The van der Waals surface area contributed by atoms with Crippen molar-refractivity contribution >= 4 is 23.4 Å². The van der Waals surface area contributed by atoms with Crippen molar-refractivity contribution in [2.45, 2.75) is 38.6 Å². The highest BCUT2D eigenvalue weighted by atomic mass is 35.5. The van der Waals surface area contributed by atoms with E-state index in [0.717, 1.165) is 61.9 Å². The molecule has 2 aromatic carbocycles. The van der Waals surface area contributed by atoms with Crippen molar-refractivity contribution in [2.24, 2.45) is 0 Å². The second-order valence-corrected chi connectivity index (χ2v) is 7.64. The van der Waals surface area contributed by atoms with E-state index in [9.17, 15) is 4.79 Å². The Hall–Kier alpha value is -2.30. The lowest BCUT2D eigenvalue weighted by Gasteiger charge is -2.17. The number of benzene rings is 2. The molecule has 5 heteroatoms. The third-order valence-corrected chi connectivity index (χ3v) is 5.44. The van der Waals surface area contributed by atoms with Gasteiger partial charge in [-0.2, -0.15) is 0 Å². The lowest BCUT2D eigenvalue weighted by molar-refractivity contribution is 0.259. The largest absolute Gasteiger partial charge is 0.493 e. The van der Waals surface area contributed by atoms with Crippen LogP contribution in [-0.4, -0.2) is 25.1 Å². The maximum atomic E-state index is 12.3. The van der Waals surface area contributed by atoms with E-state index in [2.05, 4.69) is 36.2 Å². The molecule has 0 saturated carbocycles. The zero-order valence-electron chi connectivity index (χ0n) is 16.9. The number of nitrogens with zero attached hydrogens (tertiary/aromatic N) is 1. The molecule has 0 spiro atoms. The Kier molecular flexibility index (Phi) is 7.34.